The average Bonchev–Trinajstić information content (AvgIpc) is 3.20. The molecule has 0 aromatic rings. The summed E-state index contributed by atoms with van der Waals surface area (Å²) in [6.07, 6.45) is 40.2. The van der Waals surface area contributed by atoms with Gasteiger partial charge in [-0.15, -0.1) is 0 Å². The van der Waals surface area contributed by atoms with Gasteiger partial charge >= 0.3 is 5.97 Å². The van der Waals surface area contributed by atoms with Crippen LogP contribution >= 0.6 is 0 Å². The topological polar surface area (TPSA) is 134 Å². The number of hydrogen-bond acceptors (Lipinski definition) is 7. The number of aliphatic hydroxyl groups is 2. The van der Waals surface area contributed by atoms with Gasteiger partial charge in [0, 0.05) is 25.4 Å². The Morgan fingerprint density at radius 1 is 0.800 bits per heavy atom. The first-order chi connectivity index (χ1) is 28.9. The Balaban J connectivity index is 1.52. The first-order valence-electron chi connectivity index (χ1n) is 22.9. The Bertz CT molecular complexity index is 1490. The van der Waals surface area contributed by atoms with Gasteiger partial charge in [-0.05, 0) is 114 Å². The van der Waals surface area contributed by atoms with Crippen LogP contribution in [0.15, 0.2) is 96.7 Å². The zero-order valence-corrected chi connectivity index (χ0v) is 37.9. The lowest BCUT2D eigenvalue weighted by Crippen LogP contribution is -2.43. The van der Waals surface area contributed by atoms with Crippen molar-refractivity contribution in [2.45, 2.75) is 150 Å². The molecule has 336 valence electrons. The van der Waals surface area contributed by atoms with Gasteiger partial charge in [-0.2, -0.15) is 0 Å². The van der Waals surface area contributed by atoms with E-state index in [4.69, 9.17) is 9.47 Å². The summed E-state index contributed by atoms with van der Waals surface area (Å²) in [4.78, 5) is 37.6. The Morgan fingerprint density at radius 2 is 1.35 bits per heavy atom. The molecule has 9 nitrogen and oxygen atoms in total. The zero-order valence-electron chi connectivity index (χ0n) is 37.9. The fraction of sp³-hybridized carbons (Fsp3) is 0.627. The monoisotopic (exact) mass is 833 g/mol. The lowest BCUT2D eigenvalue weighted by atomic mass is 9.65. The number of aliphatic hydroxyl groups excluding tert-OH is 2. The summed E-state index contributed by atoms with van der Waals surface area (Å²) in [5, 5.41) is 27.1. The van der Waals surface area contributed by atoms with Gasteiger partial charge in [-0.1, -0.05) is 119 Å². The van der Waals surface area contributed by atoms with Gasteiger partial charge in [0.05, 0.1) is 37.3 Å². The van der Waals surface area contributed by atoms with E-state index in [1.54, 1.807) is 0 Å². The van der Waals surface area contributed by atoms with Crippen molar-refractivity contribution in [3.05, 3.63) is 96.7 Å². The van der Waals surface area contributed by atoms with Gasteiger partial charge in [-0.3, -0.25) is 14.4 Å². The minimum atomic E-state index is -0.969. The molecular formula is C51H80N2O7. The maximum absolute atomic E-state index is 13.1. The summed E-state index contributed by atoms with van der Waals surface area (Å²) in [6.45, 7) is 13.6. The molecule has 2 aliphatic rings. The number of amides is 2. The number of nitrogens with one attached hydrogen (secondary N) is 2. The highest BCUT2D eigenvalue weighted by Crippen LogP contribution is 2.45. The van der Waals surface area contributed by atoms with Crippen molar-refractivity contribution in [1.29, 1.82) is 0 Å². The smallest absolute Gasteiger partial charge is 0.311 e. The van der Waals surface area contributed by atoms with Crippen molar-refractivity contribution in [3.63, 3.8) is 0 Å². The van der Waals surface area contributed by atoms with E-state index >= 15 is 0 Å². The summed E-state index contributed by atoms with van der Waals surface area (Å²) < 4.78 is 11.7. The maximum Gasteiger partial charge on any atom is 0.311 e. The van der Waals surface area contributed by atoms with Crippen molar-refractivity contribution in [2.24, 2.45) is 29.1 Å². The molecule has 0 radical (unpaired) electrons. The van der Waals surface area contributed by atoms with Crippen molar-refractivity contribution in [1.82, 2.24) is 10.6 Å². The average molecular weight is 833 g/mol. The summed E-state index contributed by atoms with van der Waals surface area (Å²) in [5.41, 5.74) is 0.662. The van der Waals surface area contributed by atoms with Gasteiger partial charge in [0.25, 0.3) is 0 Å². The van der Waals surface area contributed by atoms with E-state index in [1.807, 2.05) is 26.8 Å². The van der Waals surface area contributed by atoms with E-state index in [0.29, 0.717) is 51.2 Å². The molecule has 4 N–H and O–H groups in total. The van der Waals surface area contributed by atoms with E-state index < -0.39 is 17.6 Å². The molecule has 0 heterocycles. The van der Waals surface area contributed by atoms with Gasteiger partial charge in [-0.25, -0.2) is 0 Å². The molecule has 9 heteroatoms. The predicted molar refractivity (Wildman–Crippen MR) is 246 cm³/mol. The fourth-order valence-electron chi connectivity index (χ4n) is 7.42. The minimum Gasteiger partial charge on any atom is -0.461 e. The number of rotatable bonds is 30. The SMILES string of the molecule is CC/C=C\C/C=C\C/C=C\C/C=C\C/C=C\C/C=C\CCC(=O)NCCOCCNC(=O)C[C@H](O)C[C@@H](O)CC[C@@H]1C2C(=C[C@H](C)CC2OC(=O)C(C)(C)CC)C=C[C@@H]1C. The summed E-state index contributed by atoms with van der Waals surface area (Å²) in [5.74, 6) is 0.314. The highest BCUT2D eigenvalue weighted by atomic mass is 16.5. The van der Waals surface area contributed by atoms with Crippen molar-refractivity contribution < 1.29 is 34.1 Å². The Hall–Kier alpha value is -3.79. The number of allylic oxidation sites excluding steroid dienone is 15. The molecule has 60 heavy (non-hydrogen) atoms. The molecule has 0 saturated carbocycles. The third kappa shape index (κ3) is 22.7. The number of carbonyl (C=O) groups excluding carboxylic acids is 3. The van der Waals surface area contributed by atoms with Gasteiger partial charge in [0.15, 0.2) is 0 Å². The molecule has 0 fully saturated rings. The van der Waals surface area contributed by atoms with Crippen molar-refractivity contribution >= 4 is 17.8 Å². The van der Waals surface area contributed by atoms with Crippen LogP contribution < -0.4 is 10.6 Å². The minimum absolute atomic E-state index is 0.0286. The van der Waals surface area contributed by atoms with Crippen LogP contribution in [0, 0.1) is 29.1 Å². The Labute approximate surface area is 363 Å². The summed E-state index contributed by atoms with van der Waals surface area (Å²) in [6, 6.07) is 0. The van der Waals surface area contributed by atoms with Crippen LogP contribution in [0.3, 0.4) is 0 Å². The summed E-state index contributed by atoms with van der Waals surface area (Å²) >= 11 is 0. The quantitative estimate of drug-likeness (QED) is 0.0322. The van der Waals surface area contributed by atoms with Crippen molar-refractivity contribution in [3.8, 4) is 0 Å². The van der Waals surface area contributed by atoms with Crippen LogP contribution in [0.25, 0.3) is 0 Å². The molecule has 2 unspecified atom stereocenters. The lowest BCUT2D eigenvalue weighted by molar-refractivity contribution is -0.164. The van der Waals surface area contributed by atoms with Gasteiger partial charge in [0.2, 0.25) is 11.8 Å². The van der Waals surface area contributed by atoms with E-state index in [0.717, 1.165) is 44.9 Å². The molecule has 0 saturated heterocycles. The predicted octanol–water partition coefficient (Wildman–Crippen LogP) is 9.75. The second-order valence-electron chi connectivity index (χ2n) is 17.1. The first kappa shape index (κ1) is 52.3. The Morgan fingerprint density at radius 3 is 1.92 bits per heavy atom. The van der Waals surface area contributed by atoms with Crippen LogP contribution in [0.1, 0.15) is 131 Å². The number of carbonyl (C=O) groups is 3. The normalized spacial score (nSPS) is 22.0. The maximum atomic E-state index is 13.1. The highest BCUT2D eigenvalue weighted by Gasteiger charge is 2.43. The Kier molecular flexibility index (Phi) is 27.1. The largest absolute Gasteiger partial charge is 0.461 e. The molecule has 0 aliphatic heterocycles. The fourth-order valence-corrected chi connectivity index (χ4v) is 7.42. The number of ether oxygens (including phenoxy) is 2. The first-order valence-corrected chi connectivity index (χ1v) is 22.9. The second-order valence-corrected chi connectivity index (χ2v) is 17.1. The van der Waals surface area contributed by atoms with Crippen LogP contribution in [-0.4, -0.2) is 72.6 Å². The molecule has 0 aromatic heterocycles. The lowest BCUT2D eigenvalue weighted by Gasteiger charge is -2.44. The van der Waals surface area contributed by atoms with Gasteiger partial charge < -0.3 is 30.3 Å². The number of hydrogen-bond donors (Lipinski definition) is 4. The van der Waals surface area contributed by atoms with E-state index in [9.17, 15) is 24.6 Å². The van der Waals surface area contributed by atoms with Crippen LogP contribution in [0.5, 0.6) is 0 Å². The molecule has 7 atom stereocenters. The van der Waals surface area contributed by atoms with Crippen LogP contribution in [0.4, 0.5) is 0 Å². The van der Waals surface area contributed by atoms with Crippen molar-refractivity contribution in [2.75, 3.05) is 26.3 Å². The van der Waals surface area contributed by atoms with E-state index in [-0.39, 0.29) is 67.6 Å². The second kappa shape index (κ2) is 31.1. The molecule has 2 aliphatic carbocycles. The zero-order chi connectivity index (χ0) is 44.0. The molecular weight excluding hydrogens is 753 g/mol. The molecule has 2 rings (SSSR count). The molecule has 2 amide bonds. The van der Waals surface area contributed by atoms with Crippen LogP contribution in [0.2, 0.25) is 0 Å². The van der Waals surface area contributed by atoms with E-state index in [2.05, 4.69) is 116 Å². The highest BCUT2D eigenvalue weighted by molar-refractivity contribution is 5.77. The molecule has 0 aromatic carbocycles. The molecule has 0 spiro atoms. The third-order valence-electron chi connectivity index (χ3n) is 11.4. The number of fused-ring (bicyclic) bond motifs is 1. The van der Waals surface area contributed by atoms with Gasteiger partial charge in [0.1, 0.15) is 6.10 Å². The summed E-state index contributed by atoms with van der Waals surface area (Å²) in [7, 11) is 0. The standard InChI is InChI=1S/C51H80N2O7/c1-7-9-10-11-12-13-14-15-16-17-18-19-20-21-22-23-24-25-26-27-47(56)52-32-34-59-35-33-53-48(57)39-44(55)38-43(54)30-31-45-41(4)28-29-42-36-40(3)37-46(49(42)45)60-50(58)51(5,6)8-2/h9-10,12-13,15-16,18-19,21-22,24-25,28-29,36,40-41,43-46,49,54-55H,7-8,11,14,17,20,23,26-27,30-35,37-39H2,1-6H3,(H,52,56)(H,53,57)/b10-9-,13-12-,16-15-,19-18-,22-21-,25-24-/t40-,41-,43-,44+,45-,46?,49?/m0/s1. The van der Waals surface area contributed by atoms with Crippen LogP contribution in [-0.2, 0) is 23.9 Å². The third-order valence-corrected chi connectivity index (χ3v) is 11.4. The number of esters is 1. The van der Waals surface area contributed by atoms with E-state index in [1.165, 1.54) is 5.57 Å². The molecule has 0 bridgehead atoms.